The fourth-order valence-corrected chi connectivity index (χ4v) is 2.14. The van der Waals surface area contributed by atoms with E-state index in [2.05, 4.69) is 0 Å². The Morgan fingerprint density at radius 2 is 1.67 bits per heavy atom. The molecular formula is C15H22O3. The van der Waals surface area contributed by atoms with Crippen molar-refractivity contribution < 1.29 is 15.0 Å². The molecule has 0 fully saturated rings. The van der Waals surface area contributed by atoms with Crippen molar-refractivity contribution in [3.63, 3.8) is 0 Å². The molecule has 0 spiro atoms. The normalized spacial score (nSPS) is 12.6. The van der Waals surface area contributed by atoms with Crippen molar-refractivity contribution in [1.82, 2.24) is 0 Å². The zero-order valence-corrected chi connectivity index (χ0v) is 11.7. The molecule has 1 rings (SSSR count). The highest BCUT2D eigenvalue weighted by Gasteiger charge is 2.31. The predicted molar refractivity (Wildman–Crippen MR) is 71.6 cm³/mol. The number of Topliss-reactive ketones (excluding diaryl/α,β-unsaturated/α-hetero) is 1. The van der Waals surface area contributed by atoms with Gasteiger partial charge >= 0.3 is 0 Å². The zero-order valence-electron chi connectivity index (χ0n) is 11.7. The number of carbonyl (C=O) groups excluding carboxylic acids is 1. The number of benzene rings is 1. The molecule has 3 heteroatoms. The molecule has 0 atom stereocenters. The maximum Gasteiger partial charge on any atom is 0.162 e. The van der Waals surface area contributed by atoms with Gasteiger partial charge in [0.05, 0.1) is 11.2 Å². The van der Waals surface area contributed by atoms with Crippen molar-refractivity contribution in [2.45, 2.75) is 52.2 Å². The summed E-state index contributed by atoms with van der Waals surface area (Å²) >= 11 is 0. The molecule has 100 valence electrons. The van der Waals surface area contributed by atoms with Crippen LogP contribution in [0.2, 0.25) is 0 Å². The molecule has 0 aliphatic carbocycles. The topological polar surface area (TPSA) is 57.5 Å². The van der Waals surface area contributed by atoms with E-state index in [-0.39, 0.29) is 5.78 Å². The first-order valence-electron chi connectivity index (χ1n) is 6.21. The van der Waals surface area contributed by atoms with E-state index in [1.165, 1.54) is 0 Å². The SMILES string of the molecule is CCC(=O)c1cccc(C(C)(C)O)c1C(C)(C)O. The number of hydrogen-bond donors (Lipinski definition) is 2. The molecule has 0 unspecified atom stereocenters. The number of rotatable bonds is 4. The fraction of sp³-hybridized carbons (Fsp3) is 0.533. The van der Waals surface area contributed by atoms with Crippen molar-refractivity contribution in [3.05, 3.63) is 34.9 Å². The van der Waals surface area contributed by atoms with Crippen LogP contribution in [-0.4, -0.2) is 16.0 Å². The van der Waals surface area contributed by atoms with E-state index in [9.17, 15) is 15.0 Å². The molecule has 0 heterocycles. The Kier molecular flexibility index (Phi) is 3.99. The lowest BCUT2D eigenvalue weighted by Gasteiger charge is -2.30. The monoisotopic (exact) mass is 250 g/mol. The van der Waals surface area contributed by atoms with Gasteiger partial charge in [0.25, 0.3) is 0 Å². The molecule has 0 aliphatic rings. The van der Waals surface area contributed by atoms with Crippen molar-refractivity contribution in [3.8, 4) is 0 Å². The Hall–Kier alpha value is -1.19. The maximum atomic E-state index is 12.0. The minimum atomic E-state index is -1.17. The lowest BCUT2D eigenvalue weighted by molar-refractivity contribution is 0.0513. The molecule has 1 aromatic carbocycles. The Balaban J connectivity index is 3.61. The Morgan fingerprint density at radius 1 is 1.11 bits per heavy atom. The summed E-state index contributed by atoms with van der Waals surface area (Å²) in [6.07, 6.45) is 0.373. The number of carbonyl (C=O) groups is 1. The summed E-state index contributed by atoms with van der Waals surface area (Å²) in [4.78, 5) is 12.0. The molecular weight excluding hydrogens is 228 g/mol. The lowest BCUT2D eigenvalue weighted by Crippen LogP contribution is -2.28. The minimum absolute atomic E-state index is 0.0294. The fourth-order valence-electron chi connectivity index (χ4n) is 2.14. The van der Waals surface area contributed by atoms with Crippen LogP contribution in [0.5, 0.6) is 0 Å². The highest BCUT2D eigenvalue weighted by Crippen LogP contribution is 2.34. The lowest BCUT2D eigenvalue weighted by atomic mass is 9.81. The van der Waals surface area contributed by atoms with Gasteiger partial charge in [-0.2, -0.15) is 0 Å². The van der Waals surface area contributed by atoms with Gasteiger partial charge in [0.1, 0.15) is 0 Å². The average Bonchev–Trinajstić information content (AvgIpc) is 2.24. The predicted octanol–water partition coefficient (Wildman–Crippen LogP) is 2.73. The third-order valence-electron chi connectivity index (χ3n) is 2.96. The van der Waals surface area contributed by atoms with Gasteiger partial charge in [-0.25, -0.2) is 0 Å². The van der Waals surface area contributed by atoms with E-state index in [0.717, 1.165) is 0 Å². The standard InChI is InChI=1S/C15H22O3/c1-6-12(16)10-8-7-9-11(14(2,3)17)13(10)15(4,5)18/h7-9,17-18H,6H2,1-5H3. The molecule has 18 heavy (non-hydrogen) atoms. The number of hydrogen-bond acceptors (Lipinski definition) is 3. The number of aliphatic hydroxyl groups is 2. The molecule has 0 aliphatic heterocycles. The molecule has 0 aromatic heterocycles. The number of ketones is 1. The van der Waals surface area contributed by atoms with E-state index < -0.39 is 11.2 Å². The van der Waals surface area contributed by atoms with Gasteiger partial charge < -0.3 is 10.2 Å². The maximum absolute atomic E-state index is 12.0. The van der Waals surface area contributed by atoms with Crippen LogP contribution in [0.3, 0.4) is 0 Å². The molecule has 0 saturated carbocycles. The Bertz CT molecular complexity index is 448. The van der Waals surface area contributed by atoms with Gasteiger partial charge in [-0.15, -0.1) is 0 Å². The van der Waals surface area contributed by atoms with Gasteiger partial charge in [0.2, 0.25) is 0 Å². The quantitative estimate of drug-likeness (QED) is 0.808. The van der Waals surface area contributed by atoms with Crippen LogP contribution in [0.4, 0.5) is 0 Å². The van der Waals surface area contributed by atoms with Crippen LogP contribution in [0.1, 0.15) is 62.5 Å². The van der Waals surface area contributed by atoms with Gasteiger partial charge in [-0.1, -0.05) is 25.1 Å². The largest absolute Gasteiger partial charge is 0.386 e. The molecule has 2 N–H and O–H groups in total. The van der Waals surface area contributed by atoms with Gasteiger partial charge in [0.15, 0.2) is 5.78 Å². The minimum Gasteiger partial charge on any atom is -0.386 e. The van der Waals surface area contributed by atoms with Crippen molar-refractivity contribution >= 4 is 5.78 Å². The third-order valence-corrected chi connectivity index (χ3v) is 2.96. The van der Waals surface area contributed by atoms with Gasteiger partial charge in [-0.05, 0) is 38.8 Å². The van der Waals surface area contributed by atoms with Crippen LogP contribution >= 0.6 is 0 Å². The molecule has 3 nitrogen and oxygen atoms in total. The smallest absolute Gasteiger partial charge is 0.162 e. The first kappa shape index (κ1) is 14.9. The summed E-state index contributed by atoms with van der Waals surface area (Å²) in [6.45, 7) is 8.34. The van der Waals surface area contributed by atoms with Crippen molar-refractivity contribution in [2.24, 2.45) is 0 Å². The Labute approximate surface area is 108 Å². The second kappa shape index (κ2) is 4.82. The molecule has 0 radical (unpaired) electrons. The highest BCUT2D eigenvalue weighted by molar-refractivity contribution is 5.98. The zero-order chi connectivity index (χ0) is 14.1. The average molecular weight is 250 g/mol. The van der Waals surface area contributed by atoms with Gasteiger partial charge in [0, 0.05) is 12.0 Å². The van der Waals surface area contributed by atoms with Crippen LogP contribution in [0.25, 0.3) is 0 Å². The van der Waals surface area contributed by atoms with Crippen molar-refractivity contribution in [2.75, 3.05) is 0 Å². The third kappa shape index (κ3) is 2.98. The second-order valence-corrected chi connectivity index (χ2v) is 5.62. The summed E-state index contributed by atoms with van der Waals surface area (Å²) in [5.41, 5.74) is -0.667. The van der Waals surface area contributed by atoms with E-state index >= 15 is 0 Å². The van der Waals surface area contributed by atoms with Crippen LogP contribution in [0.15, 0.2) is 18.2 Å². The van der Waals surface area contributed by atoms with E-state index in [0.29, 0.717) is 23.1 Å². The summed E-state index contributed by atoms with van der Waals surface area (Å²) in [5.74, 6) is -0.0294. The van der Waals surface area contributed by atoms with Crippen LogP contribution in [-0.2, 0) is 11.2 Å². The van der Waals surface area contributed by atoms with Crippen LogP contribution in [0, 0.1) is 0 Å². The highest BCUT2D eigenvalue weighted by atomic mass is 16.3. The Morgan fingerprint density at radius 3 is 2.06 bits per heavy atom. The van der Waals surface area contributed by atoms with Crippen LogP contribution < -0.4 is 0 Å². The summed E-state index contributed by atoms with van der Waals surface area (Å²) in [7, 11) is 0. The van der Waals surface area contributed by atoms with Crippen molar-refractivity contribution in [1.29, 1.82) is 0 Å². The second-order valence-electron chi connectivity index (χ2n) is 5.62. The first-order chi connectivity index (χ1) is 8.09. The van der Waals surface area contributed by atoms with E-state index in [1.54, 1.807) is 52.8 Å². The molecule has 0 saturated heterocycles. The summed E-state index contributed by atoms with van der Waals surface area (Å²) < 4.78 is 0. The first-order valence-corrected chi connectivity index (χ1v) is 6.21. The van der Waals surface area contributed by atoms with E-state index in [4.69, 9.17) is 0 Å². The molecule has 0 amide bonds. The summed E-state index contributed by atoms with van der Waals surface area (Å²) in [6, 6.07) is 5.19. The molecule has 1 aromatic rings. The summed E-state index contributed by atoms with van der Waals surface area (Å²) in [5, 5.41) is 20.5. The van der Waals surface area contributed by atoms with E-state index in [1.807, 2.05) is 0 Å². The molecule has 0 bridgehead atoms. The van der Waals surface area contributed by atoms with Gasteiger partial charge in [-0.3, -0.25) is 4.79 Å².